The molecule has 2 aromatic carbocycles. The van der Waals surface area contributed by atoms with Crippen molar-refractivity contribution in [1.82, 2.24) is 9.78 Å². The zero-order valence-electron chi connectivity index (χ0n) is 13.8. The summed E-state index contributed by atoms with van der Waals surface area (Å²) < 4.78 is 1.55. The van der Waals surface area contributed by atoms with Crippen molar-refractivity contribution in [2.45, 2.75) is 6.92 Å². The van der Waals surface area contributed by atoms with Crippen LogP contribution in [0.1, 0.15) is 15.9 Å². The van der Waals surface area contributed by atoms with Crippen LogP contribution in [0.3, 0.4) is 0 Å². The van der Waals surface area contributed by atoms with Crippen molar-refractivity contribution < 1.29 is 9.90 Å². The number of rotatable bonds is 4. The second-order valence-electron chi connectivity index (χ2n) is 5.62. The fourth-order valence-corrected chi connectivity index (χ4v) is 2.31. The number of nitrogen functional groups attached to an aromatic ring is 1. The second kappa shape index (κ2) is 6.56. The lowest BCUT2D eigenvalue weighted by molar-refractivity contribution is 0.0697. The summed E-state index contributed by atoms with van der Waals surface area (Å²) in [5, 5.41) is 21.7. The first-order valence-corrected chi connectivity index (χ1v) is 7.60. The first-order valence-electron chi connectivity index (χ1n) is 7.60. The van der Waals surface area contributed by atoms with Gasteiger partial charge in [-0.3, -0.25) is 4.68 Å². The number of aromatic carboxylic acids is 1. The largest absolute Gasteiger partial charge is 0.478 e. The van der Waals surface area contributed by atoms with E-state index < -0.39 is 5.97 Å². The summed E-state index contributed by atoms with van der Waals surface area (Å²) in [5.41, 5.74) is 9.96. The van der Waals surface area contributed by atoms with E-state index in [1.54, 1.807) is 23.9 Å². The number of hydrogen-bond donors (Lipinski definition) is 2. The molecule has 25 heavy (non-hydrogen) atoms. The topological polar surface area (TPSA) is 106 Å². The monoisotopic (exact) mass is 335 g/mol. The van der Waals surface area contributed by atoms with Gasteiger partial charge in [-0.25, -0.2) is 4.79 Å². The number of carbonyl (C=O) groups is 1. The molecule has 0 spiro atoms. The van der Waals surface area contributed by atoms with Crippen LogP contribution in [0.25, 0.3) is 11.3 Å². The molecule has 0 amide bonds. The smallest absolute Gasteiger partial charge is 0.335 e. The third-order valence-corrected chi connectivity index (χ3v) is 3.77. The number of nitrogens with zero attached hydrogens (tertiary/aromatic N) is 4. The van der Waals surface area contributed by atoms with E-state index in [0.29, 0.717) is 22.9 Å². The molecule has 0 aliphatic rings. The molecule has 0 bridgehead atoms. The molecule has 0 fully saturated rings. The first kappa shape index (κ1) is 16.4. The van der Waals surface area contributed by atoms with Gasteiger partial charge in [-0.15, -0.1) is 5.11 Å². The minimum Gasteiger partial charge on any atom is -0.478 e. The van der Waals surface area contributed by atoms with Crippen molar-refractivity contribution in [3.05, 3.63) is 59.7 Å². The van der Waals surface area contributed by atoms with E-state index in [4.69, 9.17) is 10.8 Å². The quantitative estimate of drug-likeness (QED) is 0.700. The maximum atomic E-state index is 10.9. The summed E-state index contributed by atoms with van der Waals surface area (Å²) in [7, 11) is 1.74. The van der Waals surface area contributed by atoms with Gasteiger partial charge in [0, 0.05) is 12.6 Å². The van der Waals surface area contributed by atoms with Gasteiger partial charge in [-0.2, -0.15) is 10.2 Å². The number of aryl methyl sites for hydroxylation is 2. The van der Waals surface area contributed by atoms with E-state index in [2.05, 4.69) is 15.3 Å². The molecule has 3 rings (SSSR count). The van der Waals surface area contributed by atoms with Crippen LogP contribution in [0.5, 0.6) is 0 Å². The predicted octanol–water partition coefficient (Wildman–Crippen LogP) is 4.09. The molecule has 0 saturated heterocycles. The zero-order chi connectivity index (χ0) is 18.0. The number of carboxylic acids is 1. The lowest BCUT2D eigenvalue weighted by atomic mass is 10.1. The molecule has 0 aliphatic carbocycles. The molecule has 1 aromatic heterocycles. The standard InChI is InChI=1S/C18H17N5O2/c1-11-3-5-12(6-4-11)15-16(17(19)23(2)22-15)21-20-14-9-7-13(8-10-14)18(24)25/h3-10H,19H2,1-2H3,(H,24,25). The Morgan fingerprint density at radius 1 is 1.08 bits per heavy atom. The van der Waals surface area contributed by atoms with Gasteiger partial charge in [0.05, 0.1) is 11.3 Å². The average Bonchev–Trinajstić information content (AvgIpc) is 2.89. The molecule has 126 valence electrons. The minimum absolute atomic E-state index is 0.195. The Morgan fingerprint density at radius 3 is 2.32 bits per heavy atom. The number of benzene rings is 2. The molecular weight excluding hydrogens is 318 g/mol. The van der Waals surface area contributed by atoms with E-state index in [1.165, 1.54) is 12.1 Å². The molecule has 3 N–H and O–H groups in total. The van der Waals surface area contributed by atoms with Crippen molar-refractivity contribution in [3.63, 3.8) is 0 Å². The lowest BCUT2D eigenvalue weighted by Gasteiger charge is -2.00. The fraction of sp³-hybridized carbons (Fsp3) is 0.111. The minimum atomic E-state index is -0.985. The fourth-order valence-electron chi connectivity index (χ4n) is 2.31. The van der Waals surface area contributed by atoms with Crippen LogP contribution in [0.15, 0.2) is 58.8 Å². The summed E-state index contributed by atoms with van der Waals surface area (Å²) >= 11 is 0. The van der Waals surface area contributed by atoms with Crippen LogP contribution in [0, 0.1) is 6.92 Å². The van der Waals surface area contributed by atoms with Crippen LogP contribution in [-0.4, -0.2) is 20.9 Å². The van der Waals surface area contributed by atoms with Gasteiger partial charge < -0.3 is 10.8 Å². The van der Waals surface area contributed by atoms with E-state index in [0.717, 1.165) is 11.1 Å². The third kappa shape index (κ3) is 3.40. The first-order chi connectivity index (χ1) is 12.0. The highest BCUT2D eigenvalue weighted by Gasteiger charge is 2.15. The van der Waals surface area contributed by atoms with Crippen LogP contribution < -0.4 is 5.73 Å². The highest BCUT2D eigenvalue weighted by molar-refractivity contribution is 5.87. The molecule has 7 heteroatoms. The zero-order valence-corrected chi connectivity index (χ0v) is 13.8. The molecular formula is C18H17N5O2. The summed E-state index contributed by atoms with van der Waals surface area (Å²) in [4.78, 5) is 10.9. The molecule has 7 nitrogen and oxygen atoms in total. The number of nitrogens with two attached hydrogens (primary N) is 1. The number of carboxylic acid groups (broad SMARTS) is 1. The Balaban J connectivity index is 1.96. The average molecular weight is 335 g/mol. The van der Waals surface area contributed by atoms with Crippen molar-refractivity contribution in [2.75, 3.05) is 5.73 Å². The normalized spacial score (nSPS) is 11.1. The summed E-state index contributed by atoms with van der Waals surface area (Å²) in [5.74, 6) is -0.580. The Hall–Kier alpha value is -3.48. The van der Waals surface area contributed by atoms with Crippen LogP contribution in [-0.2, 0) is 7.05 Å². The van der Waals surface area contributed by atoms with Gasteiger partial charge in [0.25, 0.3) is 0 Å². The van der Waals surface area contributed by atoms with Crippen molar-refractivity contribution in [1.29, 1.82) is 0 Å². The van der Waals surface area contributed by atoms with E-state index in [-0.39, 0.29) is 5.56 Å². The van der Waals surface area contributed by atoms with Gasteiger partial charge in [0.15, 0.2) is 5.69 Å². The maximum Gasteiger partial charge on any atom is 0.335 e. The highest BCUT2D eigenvalue weighted by atomic mass is 16.4. The molecule has 0 saturated carbocycles. The molecule has 3 aromatic rings. The third-order valence-electron chi connectivity index (χ3n) is 3.77. The van der Waals surface area contributed by atoms with Crippen molar-refractivity contribution >= 4 is 23.2 Å². The van der Waals surface area contributed by atoms with Gasteiger partial charge in [-0.05, 0) is 31.2 Å². The van der Waals surface area contributed by atoms with E-state index >= 15 is 0 Å². The molecule has 0 aliphatic heterocycles. The summed E-state index contributed by atoms with van der Waals surface area (Å²) in [6.45, 7) is 2.01. The molecule has 0 radical (unpaired) electrons. The molecule has 0 unspecified atom stereocenters. The Bertz CT molecular complexity index is 941. The number of azo groups is 1. The van der Waals surface area contributed by atoms with Gasteiger partial charge >= 0.3 is 5.97 Å². The maximum absolute atomic E-state index is 10.9. The van der Waals surface area contributed by atoms with E-state index in [1.807, 2.05) is 31.2 Å². The Labute approximate surface area is 144 Å². The summed E-state index contributed by atoms with van der Waals surface area (Å²) in [6, 6.07) is 14.0. The van der Waals surface area contributed by atoms with Crippen LogP contribution >= 0.6 is 0 Å². The van der Waals surface area contributed by atoms with E-state index in [9.17, 15) is 4.79 Å². The molecule has 1 heterocycles. The van der Waals surface area contributed by atoms with Gasteiger partial charge in [-0.1, -0.05) is 29.8 Å². The summed E-state index contributed by atoms with van der Waals surface area (Å²) in [6.07, 6.45) is 0. The van der Waals surface area contributed by atoms with Gasteiger partial charge in [0.1, 0.15) is 11.5 Å². The lowest BCUT2D eigenvalue weighted by Crippen LogP contribution is -1.96. The van der Waals surface area contributed by atoms with Gasteiger partial charge in [0.2, 0.25) is 0 Å². The highest BCUT2D eigenvalue weighted by Crippen LogP contribution is 2.35. The van der Waals surface area contributed by atoms with Crippen molar-refractivity contribution in [3.8, 4) is 11.3 Å². The van der Waals surface area contributed by atoms with Crippen LogP contribution in [0.2, 0.25) is 0 Å². The Kier molecular flexibility index (Phi) is 4.30. The van der Waals surface area contributed by atoms with Crippen molar-refractivity contribution in [2.24, 2.45) is 17.3 Å². The van der Waals surface area contributed by atoms with Crippen LogP contribution in [0.4, 0.5) is 17.2 Å². The molecule has 0 atom stereocenters. The predicted molar refractivity (Wildman–Crippen MR) is 95.4 cm³/mol. The number of aromatic nitrogens is 2. The number of anilines is 1. The number of hydrogen-bond acceptors (Lipinski definition) is 5. The SMILES string of the molecule is Cc1ccc(-c2nn(C)c(N)c2N=Nc2ccc(C(=O)O)cc2)cc1. The second-order valence-corrected chi connectivity index (χ2v) is 5.62. The Morgan fingerprint density at radius 2 is 1.72 bits per heavy atom.